The summed E-state index contributed by atoms with van der Waals surface area (Å²) in [5.41, 5.74) is 0. The molecule has 1 atom stereocenters. The summed E-state index contributed by atoms with van der Waals surface area (Å²) in [4.78, 5) is 37.8. The lowest BCUT2D eigenvalue weighted by Crippen LogP contribution is -2.30. The highest BCUT2D eigenvalue weighted by atomic mass is 16.6. The van der Waals surface area contributed by atoms with Crippen LogP contribution in [0.5, 0.6) is 0 Å². The van der Waals surface area contributed by atoms with Crippen LogP contribution < -0.4 is 0 Å². The Bertz CT molecular complexity index is 1280. The Morgan fingerprint density at radius 2 is 0.733 bits per heavy atom. The van der Waals surface area contributed by atoms with Gasteiger partial charge in [0.25, 0.3) is 0 Å². The van der Waals surface area contributed by atoms with Crippen molar-refractivity contribution < 1.29 is 28.6 Å². The normalized spacial score (nSPS) is 13.1. The van der Waals surface area contributed by atoms with Gasteiger partial charge in [0.1, 0.15) is 13.2 Å². The van der Waals surface area contributed by atoms with Crippen LogP contribution in [-0.2, 0) is 28.6 Å². The van der Waals surface area contributed by atoms with E-state index >= 15 is 0 Å². The number of unbranched alkanes of at least 4 members (excludes halogenated alkanes) is 14. The number of allylic oxidation sites excluding steroid dienone is 18. The first-order chi connectivity index (χ1) is 29.5. The smallest absolute Gasteiger partial charge is 0.306 e. The topological polar surface area (TPSA) is 78.9 Å². The second kappa shape index (κ2) is 47.7. The maximum Gasteiger partial charge on any atom is 0.306 e. The van der Waals surface area contributed by atoms with Gasteiger partial charge in [0.2, 0.25) is 0 Å². The number of ether oxygens (including phenoxy) is 3. The average molecular weight is 831 g/mol. The molecule has 338 valence electrons. The summed E-state index contributed by atoms with van der Waals surface area (Å²) in [5.74, 6) is -0.983. The molecule has 0 fully saturated rings. The third kappa shape index (κ3) is 45.2. The first kappa shape index (κ1) is 56.1. The maximum absolute atomic E-state index is 12.7. The molecule has 0 bridgehead atoms. The summed E-state index contributed by atoms with van der Waals surface area (Å²) < 4.78 is 16.7. The van der Waals surface area contributed by atoms with Crippen molar-refractivity contribution in [2.24, 2.45) is 0 Å². The molecule has 6 nitrogen and oxygen atoms in total. The lowest BCUT2D eigenvalue weighted by atomic mass is 10.1. The number of esters is 3. The van der Waals surface area contributed by atoms with Gasteiger partial charge < -0.3 is 14.2 Å². The summed E-state index contributed by atoms with van der Waals surface area (Å²) in [6, 6.07) is 0. The highest BCUT2D eigenvalue weighted by Crippen LogP contribution is 2.12. The molecule has 0 aliphatic rings. The standard InChI is InChI=1S/C54H86O6/c1-4-7-10-13-16-19-22-24-25-26-27-28-29-31-32-35-38-41-44-47-53(56)59-50-51(49-58-52(55)46-43-40-37-34-21-18-15-12-9-6-3)60-54(57)48-45-42-39-36-33-30-23-20-17-14-11-8-5-2/h7-8,10-11,14-20,23-25,27-28,31-32,51H,4-6,9,12-13,21-22,26,29-30,33-50H2,1-3H3/b10-7-,11-8-,17-14-,18-15-,19-16-,23-20-,25-24-,28-27-,32-31-. The van der Waals surface area contributed by atoms with Crippen LogP contribution in [0.15, 0.2) is 109 Å². The van der Waals surface area contributed by atoms with E-state index < -0.39 is 6.10 Å². The minimum absolute atomic E-state index is 0.106. The number of carbonyl (C=O) groups is 3. The minimum atomic E-state index is -0.807. The highest BCUT2D eigenvalue weighted by molar-refractivity contribution is 5.71. The van der Waals surface area contributed by atoms with Gasteiger partial charge in [-0.2, -0.15) is 0 Å². The summed E-state index contributed by atoms with van der Waals surface area (Å²) in [5, 5.41) is 0. The number of hydrogen-bond acceptors (Lipinski definition) is 6. The molecule has 0 N–H and O–H groups in total. The zero-order valence-electron chi connectivity index (χ0n) is 38.4. The summed E-state index contributed by atoms with van der Waals surface area (Å²) in [6.45, 7) is 6.26. The Balaban J connectivity index is 4.47. The summed E-state index contributed by atoms with van der Waals surface area (Å²) >= 11 is 0. The van der Waals surface area contributed by atoms with E-state index in [1.807, 2.05) is 6.08 Å². The molecule has 0 heterocycles. The molecule has 0 spiro atoms. The van der Waals surface area contributed by atoms with Gasteiger partial charge in [-0.15, -0.1) is 0 Å². The SMILES string of the molecule is CC\C=C/C=C\C=C/CCCCCCCC(=O)OC(COC(=O)CCCCC/C=C\C/C=C\C/C=C\C/C=C\C/C=C\CC)COC(=O)CCCCCC/C=C\CCCC. The molecule has 0 aromatic rings. The second-order valence-corrected chi connectivity index (χ2v) is 15.3. The first-order valence-corrected chi connectivity index (χ1v) is 23.9. The Labute approximate surface area is 368 Å². The van der Waals surface area contributed by atoms with E-state index in [1.54, 1.807) is 0 Å². The molecule has 0 amide bonds. The maximum atomic E-state index is 12.7. The van der Waals surface area contributed by atoms with Crippen molar-refractivity contribution in [2.45, 2.75) is 200 Å². The van der Waals surface area contributed by atoms with E-state index in [2.05, 4.69) is 124 Å². The van der Waals surface area contributed by atoms with E-state index in [1.165, 1.54) is 12.8 Å². The Morgan fingerprint density at radius 3 is 1.23 bits per heavy atom. The molecule has 0 aromatic carbocycles. The third-order valence-corrected chi connectivity index (χ3v) is 9.55. The number of carbonyl (C=O) groups excluding carboxylic acids is 3. The molecule has 0 radical (unpaired) electrons. The second-order valence-electron chi connectivity index (χ2n) is 15.3. The monoisotopic (exact) mass is 831 g/mol. The number of rotatable bonds is 41. The van der Waals surface area contributed by atoms with Gasteiger partial charge >= 0.3 is 17.9 Å². The predicted molar refractivity (Wildman–Crippen MR) is 256 cm³/mol. The van der Waals surface area contributed by atoms with Crippen LogP contribution in [0.3, 0.4) is 0 Å². The number of hydrogen-bond donors (Lipinski definition) is 0. The van der Waals surface area contributed by atoms with Crippen molar-refractivity contribution in [3.63, 3.8) is 0 Å². The Hall–Kier alpha value is -3.93. The van der Waals surface area contributed by atoms with Crippen LogP contribution in [0.1, 0.15) is 194 Å². The van der Waals surface area contributed by atoms with Gasteiger partial charge in [-0.05, 0) is 103 Å². The molecule has 0 rings (SSSR count). The van der Waals surface area contributed by atoms with Crippen molar-refractivity contribution in [1.82, 2.24) is 0 Å². The molecule has 0 aromatic heterocycles. The van der Waals surface area contributed by atoms with Gasteiger partial charge in [-0.1, -0.05) is 182 Å². The van der Waals surface area contributed by atoms with Crippen molar-refractivity contribution in [3.8, 4) is 0 Å². The van der Waals surface area contributed by atoms with Crippen LogP contribution in [-0.4, -0.2) is 37.2 Å². The Kier molecular flexibility index (Phi) is 44.6. The molecule has 1 unspecified atom stereocenters. The van der Waals surface area contributed by atoms with Gasteiger partial charge in [0, 0.05) is 19.3 Å². The average Bonchev–Trinajstić information content (AvgIpc) is 3.24. The van der Waals surface area contributed by atoms with Gasteiger partial charge in [-0.25, -0.2) is 0 Å². The zero-order valence-corrected chi connectivity index (χ0v) is 38.4. The fraction of sp³-hybridized carbons (Fsp3) is 0.611. The minimum Gasteiger partial charge on any atom is -0.462 e. The van der Waals surface area contributed by atoms with E-state index in [0.29, 0.717) is 19.3 Å². The van der Waals surface area contributed by atoms with Crippen molar-refractivity contribution in [1.29, 1.82) is 0 Å². The molecule has 0 aliphatic heterocycles. The van der Waals surface area contributed by atoms with Crippen molar-refractivity contribution in [3.05, 3.63) is 109 Å². The highest BCUT2D eigenvalue weighted by Gasteiger charge is 2.19. The zero-order chi connectivity index (χ0) is 43.7. The van der Waals surface area contributed by atoms with Crippen LogP contribution in [0, 0.1) is 0 Å². The lowest BCUT2D eigenvalue weighted by molar-refractivity contribution is -0.167. The van der Waals surface area contributed by atoms with E-state index in [9.17, 15) is 14.4 Å². The lowest BCUT2D eigenvalue weighted by Gasteiger charge is -2.18. The largest absolute Gasteiger partial charge is 0.462 e. The predicted octanol–water partition coefficient (Wildman–Crippen LogP) is 15.6. The van der Waals surface area contributed by atoms with E-state index in [0.717, 1.165) is 141 Å². The van der Waals surface area contributed by atoms with Gasteiger partial charge in [0.15, 0.2) is 6.10 Å². The molecule has 0 saturated heterocycles. The molecule has 60 heavy (non-hydrogen) atoms. The van der Waals surface area contributed by atoms with Crippen LogP contribution in [0.25, 0.3) is 0 Å². The first-order valence-electron chi connectivity index (χ1n) is 23.9. The fourth-order valence-electron chi connectivity index (χ4n) is 5.98. The fourth-order valence-corrected chi connectivity index (χ4v) is 5.98. The molecule has 6 heteroatoms. The molecular weight excluding hydrogens is 745 g/mol. The van der Waals surface area contributed by atoms with Gasteiger partial charge in [-0.3, -0.25) is 14.4 Å². The van der Waals surface area contributed by atoms with E-state index in [4.69, 9.17) is 14.2 Å². The molecular formula is C54H86O6. The quantitative estimate of drug-likeness (QED) is 0.0201. The van der Waals surface area contributed by atoms with Crippen LogP contribution >= 0.6 is 0 Å². The molecule has 0 saturated carbocycles. The third-order valence-electron chi connectivity index (χ3n) is 9.55. The Morgan fingerprint density at radius 1 is 0.367 bits per heavy atom. The summed E-state index contributed by atoms with van der Waals surface area (Å²) in [7, 11) is 0. The van der Waals surface area contributed by atoms with Crippen LogP contribution in [0.4, 0.5) is 0 Å². The van der Waals surface area contributed by atoms with Gasteiger partial charge in [0.05, 0.1) is 0 Å². The molecule has 0 aliphatic carbocycles. The van der Waals surface area contributed by atoms with Crippen molar-refractivity contribution >= 4 is 17.9 Å². The van der Waals surface area contributed by atoms with Crippen molar-refractivity contribution in [2.75, 3.05) is 13.2 Å². The summed E-state index contributed by atoms with van der Waals surface area (Å²) in [6.07, 6.45) is 63.6. The van der Waals surface area contributed by atoms with Crippen LogP contribution in [0.2, 0.25) is 0 Å². The van der Waals surface area contributed by atoms with E-state index in [-0.39, 0.29) is 31.1 Å².